The molecule has 4 nitrogen and oxygen atoms in total. The van der Waals surface area contributed by atoms with E-state index >= 15 is 0 Å². The molecular weight excluding hydrogens is 240 g/mol. The number of methoxy groups -OCH3 is 2. The highest BCUT2D eigenvalue weighted by Gasteiger charge is 2.42. The summed E-state index contributed by atoms with van der Waals surface area (Å²) in [5, 5.41) is 3.70. The smallest absolute Gasteiger partial charge is 0.158 e. The molecule has 0 aliphatic heterocycles. The van der Waals surface area contributed by atoms with E-state index in [2.05, 4.69) is 12.2 Å². The lowest BCUT2D eigenvalue weighted by Crippen LogP contribution is -2.52. The molecule has 0 bridgehead atoms. The molecule has 0 spiro atoms. The van der Waals surface area contributed by atoms with Crippen LogP contribution in [-0.2, 0) is 9.47 Å². The quantitative estimate of drug-likeness (QED) is 0.594. The third kappa shape index (κ3) is 4.42. The SMILES string of the molecule is COC(CC(C)(CN)NCC(C1CC1)C1CC1)OC. The van der Waals surface area contributed by atoms with Gasteiger partial charge in [0.25, 0.3) is 0 Å². The van der Waals surface area contributed by atoms with E-state index in [1.165, 1.54) is 25.7 Å². The van der Waals surface area contributed by atoms with Crippen LogP contribution in [0, 0.1) is 17.8 Å². The molecule has 0 amide bonds. The third-order valence-electron chi connectivity index (χ3n) is 4.81. The summed E-state index contributed by atoms with van der Waals surface area (Å²) in [4.78, 5) is 0. The van der Waals surface area contributed by atoms with Crippen LogP contribution >= 0.6 is 0 Å². The average molecular weight is 270 g/mol. The fraction of sp³-hybridized carbons (Fsp3) is 1.00. The fourth-order valence-corrected chi connectivity index (χ4v) is 2.99. The van der Waals surface area contributed by atoms with Crippen molar-refractivity contribution < 1.29 is 9.47 Å². The van der Waals surface area contributed by atoms with Gasteiger partial charge in [-0.15, -0.1) is 0 Å². The van der Waals surface area contributed by atoms with Gasteiger partial charge in [0.1, 0.15) is 0 Å². The molecule has 2 saturated carbocycles. The van der Waals surface area contributed by atoms with Crippen molar-refractivity contribution in [3.8, 4) is 0 Å². The summed E-state index contributed by atoms with van der Waals surface area (Å²) in [5.74, 6) is 2.82. The van der Waals surface area contributed by atoms with Gasteiger partial charge in [0, 0.05) is 32.7 Å². The fourth-order valence-electron chi connectivity index (χ4n) is 2.99. The zero-order chi connectivity index (χ0) is 13.9. The molecule has 2 rings (SSSR count). The summed E-state index contributed by atoms with van der Waals surface area (Å²) < 4.78 is 10.6. The van der Waals surface area contributed by atoms with Crippen LogP contribution < -0.4 is 11.1 Å². The van der Waals surface area contributed by atoms with Crippen molar-refractivity contribution in [3.05, 3.63) is 0 Å². The van der Waals surface area contributed by atoms with Gasteiger partial charge in [0.15, 0.2) is 6.29 Å². The molecular formula is C15H30N2O2. The molecule has 0 aromatic heterocycles. The summed E-state index contributed by atoms with van der Waals surface area (Å²) in [7, 11) is 3.37. The number of nitrogens with two attached hydrogens (primary N) is 1. The zero-order valence-corrected chi connectivity index (χ0v) is 12.7. The van der Waals surface area contributed by atoms with Crippen molar-refractivity contribution in [2.24, 2.45) is 23.5 Å². The standard InChI is InChI=1S/C15H30N2O2/c1-15(10-16,8-14(18-2)19-3)17-9-13(11-4-5-11)12-6-7-12/h11-14,17H,4-10,16H2,1-3H3. The van der Waals surface area contributed by atoms with Crippen LogP contribution in [0.2, 0.25) is 0 Å². The van der Waals surface area contributed by atoms with E-state index in [0.717, 1.165) is 30.7 Å². The van der Waals surface area contributed by atoms with E-state index in [0.29, 0.717) is 6.54 Å². The Hall–Kier alpha value is -0.160. The minimum absolute atomic E-state index is 0.0985. The van der Waals surface area contributed by atoms with Crippen LogP contribution in [0.4, 0.5) is 0 Å². The molecule has 1 unspecified atom stereocenters. The lowest BCUT2D eigenvalue weighted by molar-refractivity contribution is -0.117. The van der Waals surface area contributed by atoms with Crippen molar-refractivity contribution in [3.63, 3.8) is 0 Å². The summed E-state index contributed by atoms with van der Waals surface area (Å²) in [5.41, 5.74) is 5.86. The molecule has 19 heavy (non-hydrogen) atoms. The molecule has 1 atom stereocenters. The molecule has 4 heteroatoms. The van der Waals surface area contributed by atoms with Crippen LogP contribution in [0.25, 0.3) is 0 Å². The largest absolute Gasteiger partial charge is 0.356 e. The Labute approximate surface area is 117 Å². The number of nitrogens with one attached hydrogen (secondary N) is 1. The van der Waals surface area contributed by atoms with Crippen LogP contribution in [-0.4, -0.2) is 39.1 Å². The Morgan fingerprint density at radius 3 is 2.05 bits per heavy atom. The van der Waals surface area contributed by atoms with Gasteiger partial charge in [-0.05, 0) is 56.9 Å². The number of ether oxygens (including phenoxy) is 2. The van der Waals surface area contributed by atoms with Crippen molar-refractivity contribution in [1.82, 2.24) is 5.32 Å². The first-order chi connectivity index (χ1) is 9.11. The molecule has 2 aliphatic rings. The molecule has 2 fully saturated rings. The van der Waals surface area contributed by atoms with Gasteiger partial charge in [-0.3, -0.25) is 0 Å². The maximum atomic E-state index is 5.96. The van der Waals surface area contributed by atoms with Gasteiger partial charge < -0.3 is 20.5 Å². The highest BCUT2D eigenvalue weighted by molar-refractivity contribution is 4.95. The first kappa shape index (κ1) is 15.2. The second-order valence-corrected chi connectivity index (χ2v) is 6.59. The van der Waals surface area contributed by atoms with Gasteiger partial charge in [-0.1, -0.05) is 0 Å². The third-order valence-corrected chi connectivity index (χ3v) is 4.81. The Morgan fingerprint density at radius 2 is 1.68 bits per heavy atom. The first-order valence-corrected chi connectivity index (χ1v) is 7.62. The van der Waals surface area contributed by atoms with Crippen molar-refractivity contribution >= 4 is 0 Å². The van der Waals surface area contributed by atoms with Crippen LogP contribution in [0.1, 0.15) is 39.0 Å². The Kier molecular flexibility index (Phi) is 5.23. The molecule has 112 valence electrons. The van der Waals surface area contributed by atoms with Crippen LogP contribution in [0.15, 0.2) is 0 Å². The molecule has 2 aliphatic carbocycles. The predicted octanol–water partition coefficient (Wildman–Crippen LogP) is 1.74. The lowest BCUT2D eigenvalue weighted by Gasteiger charge is -2.34. The van der Waals surface area contributed by atoms with Gasteiger partial charge in [-0.25, -0.2) is 0 Å². The Balaban J connectivity index is 1.82. The highest BCUT2D eigenvalue weighted by atomic mass is 16.7. The molecule has 0 radical (unpaired) electrons. The van der Waals surface area contributed by atoms with Crippen molar-refractivity contribution in [2.45, 2.75) is 50.9 Å². The number of hydrogen-bond acceptors (Lipinski definition) is 4. The summed E-state index contributed by atoms with van der Waals surface area (Å²) in [6.07, 6.45) is 6.34. The summed E-state index contributed by atoms with van der Waals surface area (Å²) >= 11 is 0. The normalized spacial score (nSPS) is 23.1. The molecule has 0 heterocycles. The monoisotopic (exact) mass is 270 g/mol. The minimum Gasteiger partial charge on any atom is -0.356 e. The minimum atomic E-state index is -0.179. The molecule has 0 saturated heterocycles. The number of hydrogen-bond donors (Lipinski definition) is 2. The van der Waals surface area contributed by atoms with E-state index in [1.807, 2.05) is 0 Å². The van der Waals surface area contributed by atoms with Crippen LogP contribution in [0.3, 0.4) is 0 Å². The zero-order valence-electron chi connectivity index (χ0n) is 12.7. The maximum absolute atomic E-state index is 5.96. The number of rotatable bonds is 10. The second-order valence-electron chi connectivity index (χ2n) is 6.59. The van der Waals surface area contributed by atoms with Gasteiger partial charge >= 0.3 is 0 Å². The molecule has 0 aromatic carbocycles. The topological polar surface area (TPSA) is 56.5 Å². The van der Waals surface area contributed by atoms with Gasteiger partial charge in [0.2, 0.25) is 0 Å². The second kappa shape index (κ2) is 6.53. The Bertz CT molecular complexity index is 263. The Morgan fingerprint density at radius 1 is 1.16 bits per heavy atom. The highest BCUT2D eigenvalue weighted by Crippen LogP contribution is 2.49. The maximum Gasteiger partial charge on any atom is 0.158 e. The molecule has 0 aromatic rings. The summed E-state index contributed by atoms with van der Waals surface area (Å²) in [6.45, 7) is 3.89. The van der Waals surface area contributed by atoms with E-state index in [9.17, 15) is 0 Å². The van der Waals surface area contributed by atoms with Gasteiger partial charge in [-0.2, -0.15) is 0 Å². The van der Waals surface area contributed by atoms with E-state index in [4.69, 9.17) is 15.2 Å². The van der Waals surface area contributed by atoms with Gasteiger partial charge in [0.05, 0.1) is 0 Å². The van der Waals surface area contributed by atoms with Crippen molar-refractivity contribution in [2.75, 3.05) is 27.3 Å². The lowest BCUT2D eigenvalue weighted by atomic mass is 9.93. The van der Waals surface area contributed by atoms with E-state index in [-0.39, 0.29) is 11.8 Å². The summed E-state index contributed by atoms with van der Waals surface area (Å²) in [6, 6.07) is 0. The molecule has 3 N–H and O–H groups in total. The first-order valence-electron chi connectivity index (χ1n) is 7.62. The average Bonchev–Trinajstić information content (AvgIpc) is 3.28. The van der Waals surface area contributed by atoms with Crippen molar-refractivity contribution in [1.29, 1.82) is 0 Å². The van der Waals surface area contributed by atoms with E-state index < -0.39 is 0 Å². The van der Waals surface area contributed by atoms with Crippen LogP contribution in [0.5, 0.6) is 0 Å². The predicted molar refractivity (Wildman–Crippen MR) is 76.8 cm³/mol. The van der Waals surface area contributed by atoms with E-state index in [1.54, 1.807) is 14.2 Å².